The van der Waals surface area contributed by atoms with E-state index in [1.165, 1.54) is 60.5 Å². The third-order valence-corrected chi connectivity index (χ3v) is 8.08. The summed E-state index contributed by atoms with van der Waals surface area (Å²) in [5, 5.41) is 13.4. The molecule has 0 bridgehead atoms. The zero-order valence-corrected chi connectivity index (χ0v) is 25.6. The summed E-state index contributed by atoms with van der Waals surface area (Å²) in [6.07, 6.45) is 20.2. The first-order valence-electron chi connectivity index (χ1n) is 15.8. The molecule has 0 amide bonds. The van der Waals surface area contributed by atoms with E-state index in [1.54, 1.807) is 32.0 Å². The number of rotatable bonds is 23. The molecule has 2 N–H and O–H groups in total. The van der Waals surface area contributed by atoms with Gasteiger partial charge in [0, 0.05) is 26.9 Å². The number of hydrogen-bond donors (Lipinski definition) is 2. The minimum Gasteiger partial charge on any atom is -0.393 e. The molecular weight excluding hydrogens is 506 g/mol. The number of carbonyl (C=O) groups excluding carboxylic acids is 1. The lowest BCUT2D eigenvalue weighted by Gasteiger charge is -2.19. The Hall–Kier alpha value is -2.26. The number of nitrogens with one attached hydrogen (secondary N) is 1. The lowest BCUT2D eigenvalue weighted by Crippen LogP contribution is -2.45. The summed E-state index contributed by atoms with van der Waals surface area (Å²) in [5.41, 5.74) is 0.121. The minimum absolute atomic E-state index is 0.191. The molecule has 0 fully saturated rings. The molecular formula is C31H55N5O4. The number of imidazole rings is 1. The molecule has 2 heterocycles. The molecule has 228 valence electrons. The number of aryl methyl sites for hydroxylation is 2. The maximum absolute atomic E-state index is 13.0. The van der Waals surface area contributed by atoms with Crippen molar-refractivity contribution in [2.75, 3.05) is 7.05 Å². The average molecular weight is 562 g/mol. The fraction of sp³-hybridized carbons (Fsp3) is 0.806. The van der Waals surface area contributed by atoms with Crippen LogP contribution in [0.3, 0.4) is 0 Å². The molecule has 0 aliphatic carbocycles. The zero-order chi connectivity index (χ0) is 29.3. The van der Waals surface area contributed by atoms with Gasteiger partial charge < -0.3 is 9.67 Å². The first-order valence-corrected chi connectivity index (χ1v) is 15.8. The van der Waals surface area contributed by atoms with Crippen molar-refractivity contribution in [2.24, 2.45) is 14.1 Å². The van der Waals surface area contributed by atoms with Crippen molar-refractivity contribution >= 4 is 16.9 Å². The number of ketones is 1. The first kappa shape index (κ1) is 33.9. The smallest absolute Gasteiger partial charge is 0.333 e. The number of aliphatic hydroxyl groups is 1. The Balaban J connectivity index is 1.56. The van der Waals surface area contributed by atoms with Gasteiger partial charge in [-0.05, 0) is 26.3 Å². The quantitative estimate of drug-likeness (QED) is 0.173. The van der Waals surface area contributed by atoms with E-state index in [4.69, 9.17) is 0 Å². The van der Waals surface area contributed by atoms with Gasteiger partial charge in [-0.1, -0.05) is 96.8 Å². The molecule has 0 aliphatic heterocycles. The van der Waals surface area contributed by atoms with Crippen molar-refractivity contribution in [2.45, 2.75) is 141 Å². The SMILES string of the molecule is CCCCCCCCCCCCC(=O)CC(O)CCCCCCCC(NC)n1c(=O)c2c(ncn2C)n(C)c1=O. The highest BCUT2D eigenvalue weighted by atomic mass is 16.3. The number of unbranched alkanes of at least 4 members (excludes halogenated alkanes) is 13. The predicted molar refractivity (Wildman–Crippen MR) is 163 cm³/mol. The van der Waals surface area contributed by atoms with Gasteiger partial charge in [-0.3, -0.25) is 19.5 Å². The Morgan fingerprint density at radius 2 is 1.43 bits per heavy atom. The fourth-order valence-electron chi connectivity index (χ4n) is 5.56. The lowest BCUT2D eigenvalue weighted by atomic mass is 10.0. The van der Waals surface area contributed by atoms with Gasteiger partial charge in [0.1, 0.15) is 5.78 Å². The molecule has 2 unspecified atom stereocenters. The molecule has 0 aromatic carbocycles. The van der Waals surface area contributed by atoms with Crippen LogP contribution in [0.5, 0.6) is 0 Å². The second kappa shape index (κ2) is 19.0. The summed E-state index contributed by atoms with van der Waals surface area (Å²) in [4.78, 5) is 42.3. The Bertz CT molecular complexity index is 1120. The highest BCUT2D eigenvalue weighted by Gasteiger charge is 2.20. The summed E-state index contributed by atoms with van der Waals surface area (Å²) in [6.45, 7) is 2.25. The highest BCUT2D eigenvalue weighted by Crippen LogP contribution is 2.16. The van der Waals surface area contributed by atoms with Gasteiger partial charge in [0.25, 0.3) is 5.56 Å². The summed E-state index contributed by atoms with van der Waals surface area (Å²) < 4.78 is 4.38. The van der Waals surface area contributed by atoms with Crippen LogP contribution in [0, 0.1) is 0 Å². The molecule has 0 saturated carbocycles. The van der Waals surface area contributed by atoms with E-state index in [9.17, 15) is 19.5 Å². The van der Waals surface area contributed by atoms with Crippen molar-refractivity contribution < 1.29 is 9.90 Å². The number of hydrogen-bond acceptors (Lipinski definition) is 6. The van der Waals surface area contributed by atoms with Gasteiger partial charge in [0.15, 0.2) is 11.2 Å². The Kier molecular flexibility index (Phi) is 16.1. The molecule has 0 spiro atoms. The van der Waals surface area contributed by atoms with E-state index >= 15 is 0 Å². The Morgan fingerprint density at radius 3 is 2.02 bits per heavy atom. The van der Waals surface area contributed by atoms with Crippen molar-refractivity contribution in [3.05, 3.63) is 27.2 Å². The van der Waals surface area contributed by atoms with Crippen LogP contribution in [0.15, 0.2) is 15.9 Å². The maximum atomic E-state index is 13.0. The summed E-state index contributed by atoms with van der Waals surface area (Å²) in [7, 11) is 5.16. The molecule has 2 rings (SSSR count). The van der Waals surface area contributed by atoms with Crippen molar-refractivity contribution in [1.82, 2.24) is 24.0 Å². The van der Waals surface area contributed by atoms with Crippen LogP contribution in [0.1, 0.15) is 135 Å². The van der Waals surface area contributed by atoms with Crippen LogP contribution in [0.25, 0.3) is 11.2 Å². The van der Waals surface area contributed by atoms with Crippen molar-refractivity contribution in [3.63, 3.8) is 0 Å². The molecule has 0 saturated heterocycles. The molecule has 9 heteroatoms. The summed E-state index contributed by atoms with van der Waals surface area (Å²) in [5.74, 6) is 0.191. The third-order valence-electron chi connectivity index (χ3n) is 8.08. The standard InChI is InChI=1S/C31H55N5O4/c1-5-6-7-8-9-10-11-12-14-17-20-25(37)23-26(38)21-18-15-13-16-19-22-27(32-2)36-30(39)28-29(33-24-34(28)3)35(4)31(36)40/h24,26-27,32,38H,5-23H2,1-4H3. The van der Waals surface area contributed by atoms with Gasteiger partial charge in [-0.15, -0.1) is 0 Å². The highest BCUT2D eigenvalue weighted by molar-refractivity contribution is 5.78. The summed E-state index contributed by atoms with van der Waals surface area (Å²) >= 11 is 0. The molecule has 2 atom stereocenters. The zero-order valence-electron chi connectivity index (χ0n) is 25.6. The molecule has 40 heavy (non-hydrogen) atoms. The number of fused-ring (bicyclic) bond motifs is 1. The van der Waals surface area contributed by atoms with Gasteiger partial charge in [0.2, 0.25) is 0 Å². The monoisotopic (exact) mass is 561 g/mol. The molecule has 2 aromatic heterocycles. The van der Waals surface area contributed by atoms with Crippen molar-refractivity contribution in [1.29, 1.82) is 0 Å². The predicted octanol–water partition coefficient (Wildman–Crippen LogP) is 5.51. The molecule has 9 nitrogen and oxygen atoms in total. The summed E-state index contributed by atoms with van der Waals surface area (Å²) in [6, 6.07) is 0. The Morgan fingerprint density at radius 1 is 0.875 bits per heavy atom. The van der Waals surface area contributed by atoms with Crippen LogP contribution >= 0.6 is 0 Å². The Labute approximate surface area is 240 Å². The first-order chi connectivity index (χ1) is 19.3. The molecule has 0 aliphatic rings. The van der Waals surface area contributed by atoms with E-state index in [1.807, 2.05) is 0 Å². The normalized spacial score (nSPS) is 13.2. The van der Waals surface area contributed by atoms with Crippen LogP contribution in [-0.4, -0.2) is 42.7 Å². The topological polar surface area (TPSA) is 111 Å². The number of carbonyl (C=O) groups is 1. The number of aliphatic hydroxyl groups excluding tert-OH is 1. The number of Topliss-reactive ketones (excluding diaryl/α,β-unsaturated/α-hetero) is 1. The van der Waals surface area contributed by atoms with E-state index in [2.05, 4.69) is 17.2 Å². The van der Waals surface area contributed by atoms with Crippen molar-refractivity contribution in [3.8, 4) is 0 Å². The molecule has 2 aromatic rings. The lowest BCUT2D eigenvalue weighted by molar-refractivity contribution is -0.121. The maximum Gasteiger partial charge on any atom is 0.333 e. The average Bonchev–Trinajstić information content (AvgIpc) is 3.32. The van der Waals surface area contributed by atoms with E-state index < -0.39 is 6.10 Å². The second-order valence-electron chi connectivity index (χ2n) is 11.5. The van der Waals surface area contributed by atoms with Gasteiger partial charge in [-0.25, -0.2) is 14.3 Å². The number of aromatic nitrogens is 4. The largest absolute Gasteiger partial charge is 0.393 e. The van der Waals surface area contributed by atoms with Crippen LogP contribution in [0.2, 0.25) is 0 Å². The molecule has 0 radical (unpaired) electrons. The number of nitrogens with zero attached hydrogens (tertiary/aromatic N) is 4. The van der Waals surface area contributed by atoms with Gasteiger partial charge in [-0.2, -0.15) is 0 Å². The third kappa shape index (κ3) is 11.0. The minimum atomic E-state index is -0.533. The second-order valence-corrected chi connectivity index (χ2v) is 11.5. The van der Waals surface area contributed by atoms with E-state index in [-0.39, 0.29) is 29.6 Å². The van der Waals surface area contributed by atoms with Crippen LogP contribution in [0.4, 0.5) is 0 Å². The van der Waals surface area contributed by atoms with Gasteiger partial charge >= 0.3 is 5.69 Å². The van der Waals surface area contributed by atoms with Gasteiger partial charge in [0.05, 0.1) is 18.6 Å². The van der Waals surface area contributed by atoms with E-state index in [0.29, 0.717) is 30.4 Å². The van der Waals surface area contributed by atoms with Crippen LogP contribution in [-0.2, 0) is 18.9 Å². The fourth-order valence-corrected chi connectivity index (χ4v) is 5.56. The van der Waals surface area contributed by atoms with Crippen LogP contribution < -0.4 is 16.6 Å². The van der Waals surface area contributed by atoms with E-state index in [0.717, 1.165) is 44.9 Å².